The molecular formula is C23H24F2N4O3S. The highest BCUT2D eigenvalue weighted by atomic mass is 32.1. The first-order chi connectivity index (χ1) is 15.8. The first-order valence-corrected chi connectivity index (χ1v) is 11.9. The number of rotatable bonds is 3. The van der Waals surface area contributed by atoms with Crippen LogP contribution in [0.3, 0.4) is 0 Å². The molecule has 2 aromatic heterocycles. The lowest BCUT2D eigenvalue weighted by atomic mass is 9.86. The number of aromatic amines is 1. The first kappa shape index (κ1) is 21.9. The van der Waals surface area contributed by atoms with Crippen LogP contribution in [0, 0.1) is 6.92 Å². The number of aromatic nitrogens is 3. The molecule has 0 spiro atoms. The second-order valence-corrected chi connectivity index (χ2v) is 9.83. The van der Waals surface area contributed by atoms with Crippen LogP contribution in [0.4, 0.5) is 13.6 Å². The number of benzene rings is 1. The molecule has 2 fully saturated rings. The molecule has 3 heterocycles. The van der Waals surface area contributed by atoms with Gasteiger partial charge in [0.05, 0.1) is 6.04 Å². The fourth-order valence-corrected chi connectivity index (χ4v) is 5.69. The van der Waals surface area contributed by atoms with Gasteiger partial charge in [-0.1, -0.05) is 23.5 Å². The van der Waals surface area contributed by atoms with E-state index in [1.54, 1.807) is 17.0 Å². The maximum atomic E-state index is 13.5. The lowest BCUT2D eigenvalue weighted by Crippen LogP contribution is -2.33. The largest absolute Gasteiger partial charge is 0.415 e. The van der Waals surface area contributed by atoms with Crippen molar-refractivity contribution in [2.45, 2.75) is 63.3 Å². The Kier molecular flexibility index (Phi) is 5.64. The normalized spacial score (nSPS) is 20.9. The fourth-order valence-electron chi connectivity index (χ4n) is 4.59. The van der Waals surface area contributed by atoms with E-state index in [0.717, 1.165) is 12.0 Å². The average Bonchev–Trinajstić information content (AvgIpc) is 3.41. The Morgan fingerprint density at radius 1 is 1.24 bits per heavy atom. The van der Waals surface area contributed by atoms with E-state index >= 15 is 0 Å². The Labute approximate surface area is 192 Å². The minimum Gasteiger partial charge on any atom is -0.410 e. The van der Waals surface area contributed by atoms with E-state index in [1.807, 2.05) is 19.1 Å². The number of nitrogens with one attached hydrogen (secondary N) is 1. The van der Waals surface area contributed by atoms with Gasteiger partial charge < -0.3 is 9.72 Å². The van der Waals surface area contributed by atoms with Gasteiger partial charge in [-0.25, -0.2) is 23.5 Å². The molecule has 1 aliphatic heterocycles. The van der Waals surface area contributed by atoms with Gasteiger partial charge in [0.15, 0.2) is 10.3 Å². The smallest absolute Gasteiger partial charge is 0.410 e. The number of alkyl halides is 2. The van der Waals surface area contributed by atoms with Gasteiger partial charge in [0, 0.05) is 25.3 Å². The van der Waals surface area contributed by atoms with Crippen molar-refractivity contribution in [3.05, 3.63) is 51.0 Å². The number of fused-ring (bicyclic) bond motifs is 1. The monoisotopic (exact) mass is 474 g/mol. The van der Waals surface area contributed by atoms with Gasteiger partial charge in [-0.05, 0) is 50.3 Å². The predicted molar refractivity (Wildman–Crippen MR) is 120 cm³/mol. The van der Waals surface area contributed by atoms with Crippen molar-refractivity contribution >= 4 is 27.8 Å². The minimum atomic E-state index is -2.64. The molecule has 1 saturated heterocycles. The van der Waals surface area contributed by atoms with Crippen molar-refractivity contribution in [1.29, 1.82) is 0 Å². The third kappa shape index (κ3) is 4.48. The molecule has 174 valence electrons. The summed E-state index contributed by atoms with van der Waals surface area (Å²) in [5.41, 5.74) is 0.841. The molecule has 10 heteroatoms. The summed E-state index contributed by atoms with van der Waals surface area (Å²) in [7, 11) is 0. The molecule has 1 N–H and O–H groups in total. The van der Waals surface area contributed by atoms with Crippen LogP contribution in [-0.4, -0.2) is 38.4 Å². The number of amides is 1. The standard InChI is InChI=1S/C23H24F2N4O3S/c1-13-4-2-5-15(12-13)32-22(31)29-11-3-6-16(29)20-26-17-19(30)27-18(28-21(17)33-20)14-7-9-23(24,25)10-8-14/h2,4-5,12,14,16H,3,6-11H2,1H3,(H,27,28,30). The summed E-state index contributed by atoms with van der Waals surface area (Å²) in [6, 6.07) is 7.00. The van der Waals surface area contributed by atoms with E-state index < -0.39 is 12.0 Å². The van der Waals surface area contributed by atoms with Crippen LogP contribution in [0.1, 0.15) is 66.9 Å². The second-order valence-electron chi connectivity index (χ2n) is 8.82. The molecule has 1 atom stereocenters. The summed E-state index contributed by atoms with van der Waals surface area (Å²) in [6.45, 7) is 2.46. The van der Waals surface area contributed by atoms with Gasteiger partial charge in [0.25, 0.3) is 5.56 Å². The minimum absolute atomic E-state index is 0.195. The van der Waals surface area contributed by atoms with Crippen LogP contribution in [0.15, 0.2) is 29.1 Å². The first-order valence-electron chi connectivity index (χ1n) is 11.1. The maximum Gasteiger partial charge on any atom is 0.415 e. The molecule has 3 aromatic rings. The molecule has 1 aromatic carbocycles. The zero-order valence-corrected chi connectivity index (χ0v) is 19.0. The van der Waals surface area contributed by atoms with Crippen molar-refractivity contribution < 1.29 is 18.3 Å². The maximum absolute atomic E-state index is 13.5. The SMILES string of the molecule is Cc1cccc(OC(=O)N2CCCC2c2nc3c(=O)[nH]c(C4CCC(F)(F)CC4)nc3s2)c1. The third-order valence-corrected chi connectivity index (χ3v) is 7.43. The fraction of sp³-hybridized carbons (Fsp3) is 0.478. The number of hydrogen-bond donors (Lipinski definition) is 1. The number of thiazole rings is 1. The number of nitrogens with zero attached hydrogens (tertiary/aromatic N) is 3. The summed E-state index contributed by atoms with van der Waals surface area (Å²) in [4.78, 5) is 39.5. The molecule has 5 rings (SSSR count). The van der Waals surface area contributed by atoms with Crippen molar-refractivity contribution in [3.63, 3.8) is 0 Å². The van der Waals surface area contributed by atoms with E-state index in [4.69, 9.17) is 4.74 Å². The number of ether oxygens (including phenoxy) is 1. The molecular weight excluding hydrogens is 450 g/mol. The van der Waals surface area contributed by atoms with Gasteiger partial charge in [-0.15, -0.1) is 0 Å². The molecule has 2 aliphatic rings. The van der Waals surface area contributed by atoms with Crippen molar-refractivity contribution in [1.82, 2.24) is 19.9 Å². The zero-order chi connectivity index (χ0) is 23.2. The number of hydrogen-bond acceptors (Lipinski definition) is 6. The highest BCUT2D eigenvalue weighted by Gasteiger charge is 2.37. The third-order valence-electron chi connectivity index (χ3n) is 6.38. The Morgan fingerprint density at radius 2 is 2.03 bits per heavy atom. The summed E-state index contributed by atoms with van der Waals surface area (Å²) in [5.74, 6) is -1.91. The molecule has 33 heavy (non-hydrogen) atoms. The van der Waals surface area contributed by atoms with Crippen molar-refractivity contribution in [3.8, 4) is 5.75 Å². The molecule has 7 nitrogen and oxygen atoms in total. The molecule has 1 saturated carbocycles. The summed E-state index contributed by atoms with van der Waals surface area (Å²) >= 11 is 1.28. The van der Waals surface area contributed by atoms with Gasteiger partial charge in [0.1, 0.15) is 16.6 Å². The summed E-state index contributed by atoms with van der Waals surface area (Å²) in [5, 5.41) is 0.633. The quantitative estimate of drug-likeness (QED) is 0.555. The Balaban J connectivity index is 1.38. The average molecular weight is 475 g/mol. The highest BCUT2D eigenvalue weighted by molar-refractivity contribution is 7.18. The Hall–Kier alpha value is -2.88. The number of aryl methyl sites for hydroxylation is 1. The van der Waals surface area contributed by atoms with E-state index in [2.05, 4.69) is 15.0 Å². The van der Waals surface area contributed by atoms with Gasteiger partial charge in [-0.3, -0.25) is 9.69 Å². The number of carbonyl (C=O) groups is 1. The summed E-state index contributed by atoms with van der Waals surface area (Å²) in [6.07, 6.45) is 1.23. The molecule has 0 bridgehead atoms. The molecule has 1 unspecified atom stereocenters. The van der Waals surface area contributed by atoms with E-state index in [1.165, 1.54) is 11.3 Å². The lowest BCUT2D eigenvalue weighted by molar-refractivity contribution is -0.0387. The van der Waals surface area contributed by atoms with Crippen molar-refractivity contribution in [2.75, 3.05) is 6.54 Å². The molecule has 1 amide bonds. The second kappa shape index (κ2) is 8.48. The number of likely N-dealkylation sites (tertiary alicyclic amines) is 1. The predicted octanol–water partition coefficient (Wildman–Crippen LogP) is 5.32. The van der Waals surface area contributed by atoms with Gasteiger partial charge >= 0.3 is 6.09 Å². The van der Waals surface area contributed by atoms with Gasteiger partial charge in [0.2, 0.25) is 5.92 Å². The number of carbonyl (C=O) groups excluding carboxylic acids is 1. The topological polar surface area (TPSA) is 88.2 Å². The van der Waals surface area contributed by atoms with Crippen LogP contribution in [-0.2, 0) is 0 Å². The van der Waals surface area contributed by atoms with Crippen LogP contribution in [0.5, 0.6) is 5.75 Å². The van der Waals surface area contributed by atoms with Crippen LogP contribution < -0.4 is 10.3 Å². The van der Waals surface area contributed by atoms with E-state index in [-0.39, 0.29) is 48.7 Å². The Bertz CT molecular complexity index is 1250. The van der Waals surface area contributed by atoms with Crippen molar-refractivity contribution in [2.24, 2.45) is 0 Å². The molecule has 0 radical (unpaired) electrons. The highest BCUT2D eigenvalue weighted by Crippen LogP contribution is 2.40. The zero-order valence-electron chi connectivity index (χ0n) is 18.1. The van der Waals surface area contributed by atoms with Gasteiger partial charge in [-0.2, -0.15) is 0 Å². The van der Waals surface area contributed by atoms with Crippen LogP contribution >= 0.6 is 11.3 Å². The number of H-pyrrole nitrogens is 1. The lowest BCUT2D eigenvalue weighted by Gasteiger charge is -2.27. The van der Waals surface area contributed by atoms with E-state index in [9.17, 15) is 18.4 Å². The van der Waals surface area contributed by atoms with Crippen LogP contribution in [0.25, 0.3) is 10.3 Å². The number of halogens is 2. The van der Waals surface area contributed by atoms with E-state index in [0.29, 0.717) is 34.4 Å². The Morgan fingerprint density at radius 3 is 2.79 bits per heavy atom. The molecule has 1 aliphatic carbocycles. The summed E-state index contributed by atoms with van der Waals surface area (Å²) < 4.78 is 32.6. The van der Waals surface area contributed by atoms with Crippen LogP contribution in [0.2, 0.25) is 0 Å².